The van der Waals surface area contributed by atoms with Gasteiger partial charge < -0.3 is 10.1 Å². The third-order valence-corrected chi connectivity index (χ3v) is 5.64. The van der Waals surface area contributed by atoms with Crippen molar-refractivity contribution < 1.29 is 18.7 Å². The monoisotopic (exact) mass is 515 g/mol. The molecule has 0 bridgehead atoms. The van der Waals surface area contributed by atoms with Crippen LogP contribution in [-0.4, -0.2) is 24.1 Å². The zero-order valence-electron chi connectivity index (χ0n) is 19.1. The predicted octanol–water partition coefficient (Wildman–Crippen LogP) is 5.62. The molecule has 2 amide bonds. The van der Waals surface area contributed by atoms with E-state index in [1.807, 2.05) is 18.2 Å². The van der Waals surface area contributed by atoms with E-state index in [4.69, 9.17) is 27.9 Å². The summed E-state index contributed by atoms with van der Waals surface area (Å²) in [5.74, 6) is -1.18. The van der Waals surface area contributed by atoms with Crippen molar-refractivity contribution in [1.29, 1.82) is 0 Å². The number of benzene rings is 3. The first kappa shape index (κ1) is 26.2. The van der Waals surface area contributed by atoms with E-state index in [1.54, 1.807) is 38.1 Å². The maximum atomic E-state index is 13.1. The van der Waals surface area contributed by atoms with Gasteiger partial charge in [-0.25, -0.2) is 9.82 Å². The number of carbonyl (C=O) groups is 2. The molecule has 35 heavy (non-hydrogen) atoms. The highest BCUT2D eigenvalue weighted by molar-refractivity contribution is 6.31. The number of amides is 2. The molecule has 0 fully saturated rings. The summed E-state index contributed by atoms with van der Waals surface area (Å²) in [5, 5.41) is 7.74. The van der Waals surface area contributed by atoms with Crippen LogP contribution in [0.15, 0.2) is 71.8 Å². The molecule has 0 spiro atoms. The fraction of sp³-hybridized carbons (Fsp3) is 0.192. The fourth-order valence-corrected chi connectivity index (χ4v) is 3.49. The Morgan fingerprint density at radius 3 is 2.46 bits per heavy atom. The largest absolute Gasteiger partial charge is 0.488 e. The minimum absolute atomic E-state index is 0.227. The lowest BCUT2D eigenvalue weighted by atomic mass is 10.0. The van der Waals surface area contributed by atoms with Gasteiger partial charge in [0.2, 0.25) is 0 Å². The van der Waals surface area contributed by atoms with E-state index in [0.717, 1.165) is 5.56 Å². The predicted molar refractivity (Wildman–Crippen MR) is 135 cm³/mol. The molecule has 0 aromatic heterocycles. The van der Waals surface area contributed by atoms with Crippen molar-refractivity contribution in [2.45, 2.75) is 26.5 Å². The topological polar surface area (TPSA) is 79.8 Å². The maximum Gasteiger partial charge on any atom is 0.262 e. The van der Waals surface area contributed by atoms with Crippen molar-refractivity contribution in [3.63, 3.8) is 0 Å². The van der Waals surface area contributed by atoms with Crippen molar-refractivity contribution >= 4 is 41.2 Å². The lowest BCUT2D eigenvalue weighted by molar-refractivity contribution is -0.123. The number of halogens is 3. The average molecular weight is 516 g/mol. The van der Waals surface area contributed by atoms with Crippen LogP contribution in [0.3, 0.4) is 0 Å². The highest BCUT2D eigenvalue weighted by Crippen LogP contribution is 2.24. The van der Waals surface area contributed by atoms with Crippen LogP contribution in [0.25, 0.3) is 0 Å². The molecule has 0 aliphatic rings. The summed E-state index contributed by atoms with van der Waals surface area (Å²) >= 11 is 12.3. The van der Waals surface area contributed by atoms with Crippen molar-refractivity contribution in [3.8, 4) is 5.75 Å². The molecule has 2 N–H and O–H groups in total. The molecule has 3 aromatic rings. The van der Waals surface area contributed by atoms with Gasteiger partial charge in [-0.2, -0.15) is 5.10 Å². The summed E-state index contributed by atoms with van der Waals surface area (Å²) in [5.41, 5.74) is 4.05. The van der Waals surface area contributed by atoms with E-state index >= 15 is 0 Å². The minimum Gasteiger partial charge on any atom is -0.488 e. The second kappa shape index (κ2) is 12.3. The van der Waals surface area contributed by atoms with Crippen LogP contribution in [0, 0.1) is 11.7 Å². The Hall–Kier alpha value is -3.42. The Morgan fingerprint density at radius 1 is 1.06 bits per heavy atom. The van der Waals surface area contributed by atoms with Crippen LogP contribution >= 0.6 is 23.2 Å². The van der Waals surface area contributed by atoms with Gasteiger partial charge in [-0.1, -0.05) is 55.2 Å². The standard InChI is InChI=1S/C26H24Cl2FN3O3/c1-16(2)24(31-25(33)17-7-10-21(29)11-8-17)26(34)32-30-14-19-13-20(27)9-12-23(19)35-15-18-5-3-4-6-22(18)28/h3-14,16,24H,15H2,1-2H3,(H,31,33)(H,32,34)/b30-14+. The molecule has 1 unspecified atom stereocenters. The molecule has 0 saturated carbocycles. The Kier molecular flexibility index (Phi) is 9.23. The van der Waals surface area contributed by atoms with E-state index in [0.29, 0.717) is 21.4 Å². The molecule has 0 aliphatic heterocycles. The maximum absolute atomic E-state index is 13.1. The molecule has 0 aliphatic carbocycles. The van der Waals surface area contributed by atoms with Gasteiger partial charge in [0.25, 0.3) is 11.8 Å². The Labute approximate surface area is 213 Å². The molecular formula is C26H24Cl2FN3O3. The molecule has 182 valence electrons. The normalized spacial score (nSPS) is 11.9. The second-order valence-corrected chi connectivity index (χ2v) is 8.84. The van der Waals surface area contributed by atoms with Gasteiger partial charge in [0, 0.05) is 26.7 Å². The van der Waals surface area contributed by atoms with Crippen molar-refractivity contribution in [2.24, 2.45) is 11.0 Å². The minimum atomic E-state index is -0.861. The highest BCUT2D eigenvalue weighted by atomic mass is 35.5. The molecule has 0 heterocycles. The van der Waals surface area contributed by atoms with Gasteiger partial charge in [0.05, 0.1) is 6.21 Å². The van der Waals surface area contributed by atoms with Crippen LogP contribution in [-0.2, 0) is 11.4 Å². The number of hydrogen-bond donors (Lipinski definition) is 2. The third-order valence-electron chi connectivity index (χ3n) is 5.03. The van der Waals surface area contributed by atoms with Gasteiger partial charge in [0.1, 0.15) is 24.2 Å². The van der Waals surface area contributed by atoms with Gasteiger partial charge in [-0.15, -0.1) is 0 Å². The zero-order chi connectivity index (χ0) is 25.4. The first-order chi connectivity index (χ1) is 16.7. The summed E-state index contributed by atoms with van der Waals surface area (Å²) in [4.78, 5) is 25.2. The van der Waals surface area contributed by atoms with Crippen LogP contribution in [0.4, 0.5) is 4.39 Å². The SMILES string of the molecule is CC(C)C(NC(=O)c1ccc(F)cc1)C(=O)N/N=C/c1cc(Cl)ccc1OCc1ccccc1Cl. The Balaban J connectivity index is 1.67. The quantitative estimate of drug-likeness (QED) is 0.286. The molecule has 6 nitrogen and oxygen atoms in total. The zero-order valence-corrected chi connectivity index (χ0v) is 20.6. The molecule has 0 radical (unpaired) electrons. The summed E-state index contributed by atoms with van der Waals surface area (Å²) in [6, 6.07) is 16.6. The lowest BCUT2D eigenvalue weighted by Gasteiger charge is -2.20. The number of ether oxygens (including phenoxy) is 1. The van der Waals surface area contributed by atoms with Crippen LogP contribution in [0.5, 0.6) is 5.75 Å². The van der Waals surface area contributed by atoms with Crippen molar-refractivity contribution in [1.82, 2.24) is 10.7 Å². The number of hydrogen-bond acceptors (Lipinski definition) is 4. The Bertz CT molecular complexity index is 1220. The summed E-state index contributed by atoms with van der Waals surface area (Å²) in [6.45, 7) is 3.81. The van der Waals surface area contributed by atoms with E-state index in [-0.39, 0.29) is 18.1 Å². The van der Waals surface area contributed by atoms with Gasteiger partial charge in [-0.05, 0) is 54.4 Å². The Morgan fingerprint density at radius 2 is 1.77 bits per heavy atom. The highest BCUT2D eigenvalue weighted by Gasteiger charge is 2.24. The van der Waals surface area contributed by atoms with E-state index in [1.165, 1.54) is 30.5 Å². The molecule has 1 atom stereocenters. The summed E-state index contributed by atoms with van der Waals surface area (Å²) < 4.78 is 19.0. The molecular weight excluding hydrogens is 492 g/mol. The molecule has 0 saturated heterocycles. The first-order valence-corrected chi connectivity index (χ1v) is 11.6. The number of nitrogens with zero attached hydrogens (tertiary/aromatic N) is 1. The van der Waals surface area contributed by atoms with Gasteiger partial charge in [-0.3, -0.25) is 9.59 Å². The first-order valence-electron chi connectivity index (χ1n) is 10.8. The lowest BCUT2D eigenvalue weighted by Crippen LogP contribution is -2.48. The summed E-state index contributed by atoms with van der Waals surface area (Å²) in [6.07, 6.45) is 1.41. The second-order valence-electron chi connectivity index (χ2n) is 8.00. The average Bonchev–Trinajstić information content (AvgIpc) is 2.83. The van der Waals surface area contributed by atoms with E-state index in [2.05, 4.69) is 15.8 Å². The van der Waals surface area contributed by atoms with Crippen molar-refractivity contribution in [3.05, 3.63) is 99.3 Å². The van der Waals surface area contributed by atoms with Crippen molar-refractivity contribution in [2.75, 3.05) is 0 Å². The van der Waals surface area contributed by atoms with Gasteiger partial charge >= 0.3 is 0 Å². The van der Waals surface area contributed by atoms with Crippen LogP contribution in [0.2, 0.25) is 10.0 Å². The number of hydrazone groups is 1. The molecule has 9 heteroatoms. The van der Waals surface area contributed by atoms with Gasteiger partial charge in [0.15, 0.2) is 0 Å². The third kappa shape index (κ3) is 7.53. The van der Waals surface area contributed by atoms with E-state index in [9.17, 15) is 14.0 Å². The fourth-order valence-electron chi connectivity index (χ4n) is 3.12. The molecule has 3 aromatic carbocycles. The summed E-state index contributed by atoms with van der Waals surface area (Å²) in [7, 11) is 0. The van der Waals surface area contributed by atoms with Crippen LogP contribution in [0.1, 0.15) is 35.3 Å². The number of nitrogens with one attached hydrogen (secondary N) is 2. The number of rotatable bonds is 9. The molecule has 3 rings (SSSR count). The smallest absolute Gasteiger partial charge is 0.262 e. The van der Waals surface area contributed by atoms with E-state index < -0.39 is 23.7 Å². The number of carbonyl (C=O) groups excluding carboxylic acids is 2. The van der Waals surface area contributed by atoms with Crippen LogP contribution < -0.4 is 15.5 Å².